The van der Waals surface area contributed by atoms with Crippen LogP contribution in [0.15, 0.2) is 42.7 Å². The summed E-state index contributed by atoms with van der Waals surface area (Å²) in [6.07, 6.45) is 3.41. The predicted molar refractivity (Wildman–Crippen MR) is 77.6 cm³/mol. The molecule has 2 rings (SSSR count). The fraction of sp³-hybridized carbons (Fsp3) is 0.267. The molecule has 0 aliphatic carbocycles. The van der Waals surface area contributed by atoms with Gasteiger partial charge >= 0.3 is 6.61 Å². The number of alkyl halides is 2. The number of aromatic nitrogens is 1. The zero-order valence-corrected chi connectivity index (χ0v) is 12.1. The number of halogens is 3. The number of rotatable bonds is 6. The summed E-state index contributed by atoms with van der Waals surface area (Å²) in [5, 5.41) is 3.72. The number of nitrogens with one attached hydrogen (secondary N) is 1. The normalized spacial score (nSPS) is 12.4. The number of hydrogen-bond donors (Lipinski definition) is 1. The first-order valence-corrected chi connectivity index (χ1v) is 6.80. The van der Waals surface area contributed by atoms with Gasteiger partial charge in [-0.3, -0.25) is 4.98 Å². The molecule has 0 radical (unpaired) electrons. The van der Waals surface area contributed by atoms with Gasteiger partial charge in [-0.1, -0.05) is 11.6 Å². The second-order valence-electron chi connectivity index (χ2n) is 4.51. The molecule has 112 valence electrons. The van der Waals surface area contributed by atoms with Crippen molar-refractivity contribution in [1.82, 2.24) is 10.3 Å². The highest BCUT2D eigenvalue weighted by atomic mass is 35.5. The number of hydrogen-bond acceptors (Lipinski definition) is 3. The molecule has 0 saturated carbocycles. The van der Waals surface area contributed by atoms with Gasteiger partial charge in [0, 0.05) is 35.6 Å². The smallest absolute Gasteiger partial charge is 0.387 e. The third-order valence-corrected chi connectivity index (χ3v) is 3.28. The lowest BCUT2D eigenvalue weighted by molar-refractivity contribution is -0.0505. The van der Waals surface area contributed by atoms with E-state index in [0.29, 0.717) is 17.1 Å². The highest BCUT2D eigenvalue weighted by molar-refractivity contribution is 6.30. The molecule has 0 aliphatic rings. The van der Waals surface area contributed by atoms with Crippen molar-refractivity contribution in [1.29, 1.82) is 0 Å². The van der Waals surface area contributed by atoms with Gasteiger partial charge in [0.05, 0.1) is 0 Å². The highest BCUT2D eigenvalue weighted by Crippen LogP contribution is 2.25. The molecular weight excluding hydrogens is 298 g/mol. The van der Waals surface area contributed by atoms with Crippen LogP contribution in [0.4, 0.5) is 8.78 Å². The van der Waals surface area contributed by atoms with Gasteiger partial charge in [-0.25, -0.2) is 0 Å². The van der Waals surface area contributed by atoms with Crippen LogP contribution in [-0.2, 0) is 6.54 Å². The SMILES string of the molecule is C[C@@H](NCc1cc(Cl)ccc1OC(F)F)c1ccncc1. The molecule has 6 heteroatoms. The van der Waals surface area contributed by atoms with Gasteiger partial charge in [0.1, 0.15) is 5.75 Å². The van der Waals surface area contributed by atoms with Crippen molar-refractivity contribution in [2.75, 3.05) is 0 Å². The van der Waals surface area contributed by atoms with Crippen molar-refractivity contribution in [3.8, 4) is 5.75 Å². The van der Waals surface area contributed by atoms with Crippen molar-refractivity contribution in [2.24, 2.45) is 0 Å². The maximum atomic E-state index is 12.4. The molecule has 2 aromatic rings. The van der Waals surface area contributed by atoms with Crippen LogP contribution in [0.5, 0.6) is 5.75 Å². The van der Waals surface area contributed by atoms with Crippen LogP contribution in [0.25, 0.3) is 0 Å². The number of ether oxygens (including phenoxy) is 1. The van der Waals surface area contributed by atoms with Crippen LogP contribution in [0.1, 0.15) is 24.1 Å². The van der Waals surface area contributed by atoms with E-state index in [4.69, 9.17) is 11.6 Å². The molecule has 3 nitrogen and oxygen atoms in total. The Bertz CT molecular complexity index is 581. The summed E-state index contributed by atoms with van der Waals surface area (Å²) in [6, 6.07) is 8.42. The molecule has 1 atom stereocenters. The summed E-state index contributed by atoms with van der Waals surface area (Å²) in [4.78, 5) is 3.96. The van der Waals surface area contributed by atoms with Gasteiger partial charge in [0.15, 0.2) is 0 Å². The monoisotopic (exact) mass is 312 g/mol. The van der Waals surface area contributed by atoms with Crippen molar-refractivity contribution >= 4 is 11.6 Å². The standard InChI is InChI=1S/C15H15ClF2N2O/c1-10(11-4-6-19-7-5-11)20-9-12-8-13(16)2-3-14(12)21-15(17)18/h2-8,10,15,20H,9H2,1H3/t10-/m1/s1. The Hall–Kier alpha value is -1.72. The Morgan fingerprint density at radius 3 is 2.62 bits per heavy atom. The molecule has 0 amide bonds. The molecule has 0 saturated heterocycles. The summed E-state index contributed by atoms with van der Waals surface area (Å²) in [7, 11) is 0. The second kappa shape index (κ2) is 7.33. The second-order valence-corrected chi connectivity index (χ2v) is 4.95. The van der Waals surface area contributed by atoms with Crippen LogP contribution in [0.2, 0.25) is 5.02 Å². The van der Waals surface area contributed by atoms with E-state index in [-0.39, 0.29) is 11.8 Å². The average Bonchev–Trinajstić information content (AvgIpc) is 2.47. The van der Waals surface area contributed by atoms with Gasteiger partial charge in [-0.05, 0) is 42.8 Å². The average molecular weight is 313 g/mol. The molecule has 0 fully saturated rings. The summed E-state index contributed by atoms with van der Waals surface area (Å²) in [5.41, 5.74) is 1.65. The quantitative estimate of drug-likeness (QED) is 0.868. The van der Waals surface area contributed by atoms with E-state index in [1.54, 1.807) is 18.5 Å². The van der Waals surface area contributed by atoms with Crippen molar-refractivity contribution in [2.45, 2.75) is 26.1 Å². The van der Waals surface area contributed by atoms with Gasteiger partial charge in [0.2, 0.25) is 0 Å². The van der Waals surface area contributed by atoms with Gasteiger partial charge in [-0.2, -0.15) is 8.78 Å². The van der Waals surface area contributed by atoms with Gasteiger partial charge in [0.25, 0.3) is 0 Å². The van der Waals surface area contributed by atoms with Crippen molar-refractivity contribution in [3.63, 3.8) is 0 Å². The lowest BCUT2D eigenvalue weighted by Crippen LogP contribution is -2.19. The minimum Gasteiger partial charge on any atom is -0.434 e. The lowest BCUT2D eigenvalue weighted by Gasteiger charge is -2.16. The summed E-state index contributed by atoms with van der Waals surface area (Å²) in [5.74, 6) is 0.129. The van der Waals surface area contributed by atoms with E-state index in [1.807, 2.05) is 19.1 Å². The predicted octanol–water partition coefficient (Wildman–Crippen LogP) is 4.19. The summed E-state index contributed by atoms with van der Waals surface area (Å²) >= 11 is 5.91. The molecule has 0 aliphatic heterocycles. The third-order valence-electron chi connectivity index (χ3n) is 3.04. The number of pyridine rings is 1. The summed E-state index contributed by atoms with van der Waals surface area (Å²) in [6.45, 7) is -0.512. The molecule has 1 aromatic carbocycles. The molecule has 1 heterocycles. The lowest BCUT2D eigenvalue weighted by atomic mass is 10.1. The van der Waals surface area contributed by atoms with Crippen LogP contribution in [-0.4, -0.2) is 11.6 Å². The van der Waals surface area contributed by atoms with Gasteiger partial charge < -0.3 is 10.1 Å². The molecule has 0 bridgehead atoms. The van der Waals surface area contributed by atoms with E-state index < -0.39 is 6.61 Å². The van der Waals surface area contributed by atoms with Crippen LogP contribution >= 0.6 is 11.6 Å². The zero-order valence-electron chi connectivity index (χ0n) is 11.4. The first-order valence-electron chi connectivity index (χ1n) is 6.43. The van der Waals surface area contributed by atoms with E-state index in [1.165, 1.54) is 12.1 Å². The van der Waals surface area contributed by atoms with Crippen molar-refractivity contribution < 1.29 is 13.5 Å². The Labute approximate surface area is 126 Å². The molecular formula is C15H15ClF2N2O. The first-order chi connectivity index (χ1) is 10.1. The van der Waals surface area contributed by atoms with E-state index in [2.05, 4.69) is 15.0 Å². The maximum absolute atomic E-state index is 12.4. The van der Waals surface area contributed by atoms with Crippen LogP contribution in [0.3, 0.4) is 0 Å². The molecule has 1 N–H and O–H groups in total. The Morgan fingerprint density at radius 2 is 1.95 bits per heavy atom. The van der Waals surface area contributed by atoms with Crippen molar-refractivity contribution in [3.05, 3.63) is 58.9 Å². The Kier molecular flexibility index (Phi) is 5.47. The molecule has 0 spiro atoms. The summed E-state index contributed by atoms with van der Waals surface area (Å²) < 4.78 is 29.3. The highest BCUT2D eigenvalue weighted by Gasteiger charge is 2.12. The Morgan fingerprint density at radius 1 is 1.24 bits per heavy atom. The minimum absolute atomic E-state index is 0.0476. The van der Waals surface area contributed by atoms with Crippen LogP contribution in [0, 0.1) is 0 Å². The van der Waals surface area contributed by atoms with Gasteiger partial charge in [-0.15, -0.1) is 0 Å². The van der Waals surface area contributed by atoms with E-state index in [9.17, 15) is 8.78 Å². The topological polar surface area (TPSA) is 34.1 Å². The number of nitrogens with zero attached hydrogens (tertiary/aromatic N) is 1. The number of benzene rings is 1. The Balaban J connectivity index is 2.07. The first kappa shape index (κ1) is 15.7. The fourth-order valence-corrected chi connectivity index (χ4v) is 2.12. The van der Waals surface area contributed by atoms with E-state index in [0.717, 1.165) is 5.56 Å². The van der Waals surface area contributed by atoms with E-state index >= 15 is 0 Å². The fourth-order valence-electron chi connectivity index (χ4n) is 1.93. The largest absolute Gasteiger partial charge is 0.434 e. The maximum Gasteiger partial charge on any atom is 0.387 e. The minimum atomic E-state index is -2.86. The third kappa shape index (κ3) is 4.65. The zero-order chi connectivity index (χ0) is 15.2. The van der Waals surface area contributed by atoms with Crippen LogP contribution < -0.4 is 10.1 Å². The molecule has 0 unspecified atom stereocenters. The molecule has 1 aromatic heterocycles. The molecule has 21 heavy (non-hydrogen) atoms.